The van der Waals surface area contributed by atoms with Gasteiger partial charge < -0.3 is 33.2 Å². The Bertz CT molecular complexity index is 733. The van der Waals surface area contributed by atoms with Crippen molar-refractivity contribution in [3.05, 3.63) is 40.5 Å². The van der Waals surface area contributed by atoms with E-state index in [2.05, 4.69) is 24.3 Å². The van der Waals surface area contributed by atoms with Crippen molar-refractivity contribution in [2.45, 2.75) is 50.7 Å². The van der Waals surface area contributed by atoms with Crippen molar-refractivity contribution in [2.75, 3.05) is 46.2 Å². The normalized spacial score (nSPS) is 28.8. The van der Waals surface area contributed by atoms with Crippen LogP contribution in [0.15, 0.2) is 18.2 Å². The summed E-state index contributed by atoms with van der Waals surface area (Å²) in [4.78, 5) is 0. The van der Waals surface area contributed by atoms with Crippen LogP contribution in [-0.4, -0.2) is 70.7 Å². The third-order valence-electron chi connectivity index (χ3n) is 5.53. The van der Waals surface area contributed by atoms with Crippen molar-refractivity contribution in [2.24, 2.45) is 0 Å². The number of hydrogen-bond donors (Lipinski definition) is 0. The Labute approximate surface area is 177 Å². The molecule has 0 radical (unpaired) electrons. The molecule has 4 fully saturated rings. The van der Waals surface area contributed by atoms with E-state index in [0.717, 1.165) is 55.1 Å². The maximum Gasteiger partial charge on any atom is 0.104 e. The topological polar surface area (TPSA) is 77.8 Å². The van der Waals surface area contributed by atoms with Gasteiger partial charge in [-0.05, 0) is 28.7 Å². The Morgan fingerprint density at radius 2 is 1.23 bits per heavy atom. The van der Waals surface area contributed by atoms with Gasteiger partial charge in [0.15, 0.2) is 0 Å². The Morgan fingerprint density at radius 3 is 1.80 bits per heavy atom. The molecule has 0 N–H and O–H groups in total. The molecule has 30 heavy (non-hydrogen) atoms. The SMILES string of the molecule is C(=Cc1ccc(COCC2CO2)c(COCC2CO2)c1COCC1CO1)CC1CO1. The van der Waals surface area contributed by atoms with Crippen LogP contribution in [0.25, 0.3) is 6.08 Å². The second-order valence-electron chi connectivity index (χ2n) is 8.28. The third kappa shape index (κ3) is 6.59. The predicted octanol–water partition coefficient (Wildman–Crippen LogP) is 2.23. The van der Waals surface area contributed by atoms with Crippen LogP contribution in [0, 0.1) is 0 Å². The van der Waals surface area contributed by atoms with Gasteiger partial charge in [-0.25, -0.2) is 0 Å². The Kier molecular flexibility index (Phi) is 6.77. The quantitative estimate of drug-likeness (QED) is 0.404. The van der Waals surface area contributed by atoms with Crippen molar-refractivity contribution in [3.63, 3.8) is 0 Å². The highest BCUT2D eigenvalue weighted by atomic mass is 16.6. The first-order valence-electron chi connectivity index (χ1n) is 10.8. The molecule has 0 bridgehead atoms. The van der Waals surface area contributed by atoms with Crippen molar-refractivity contribution in [1.29, 1.82) is 0 Å². The van der Waals surface area contributed by atoms with E-state index in [0.29, 0.717) is 45.7 Å². The van der Waals surface area contributed by atoms with E-state index in [-0.39, 0.29) is 18.3 Å². The van der Waals surface area contributed by atoms with E-state index in [1.165, 1.54) is 0 Å². The number of ether oxygens (including phenoxy) is 7. The summed E-state index contributed by atoms with van der Waals surface area (Å²) in [6, 6.07) is 4.29. The fourth-order valence-corrected chi connectivity index (χ4v) is 3.33. The molecule has 4 atom stereocenters. The van der Waals surface area contributed by atoms with Crippen LogP contribution in [-0.2, 0) is 53.0 Å². The minimum Gasteiger partial charge on any atom is -0.374 e. The van der Waals surface area contributed by atoms with Gasteiger partial charge in [0.25, 0.3) is 0 Å². The first-order chi connectivity index (χ1) is 14.8. The smallest absolute Gasteiger partial charge is 0.104 e. The van der Waals surface area contributed by atoms with Crippen LogP contribution in [0.4, 0.5) is 0 Å². The van der Waals surface area contributed by atoms with E-state index < -0.39 is 0 Å². The zero-order chi connectivity index (χ0) is 20.2. The zero-order valence-corrected chi connectivity index (χ0v) is 17.3. The first kappa shape index (κ1) is 20.6. The molecule has 0 aliphatic carbocycles. The largest absolute Gasteiger partial charge is 0.374 e. The summed E-state index contributed by atoms with van der Waals surface area (Å²) in [6.07, 6.45) is 6.41. The van der Waals surface area contributed by atoms with E-state index in [9.17, 15) is 0 Å². The number of benzene rings is 1. The minimum atomic E-state index is 0.241. The third-order valence-corrected chi connectivity index (χ3v) is 5.53. The molecule has 0 amide bonds. The van der Waals surface area contributed by atoms with E-state index in [1.807, 2.05) is 0 Å². The number of epoxide rings is 4. The van der Waals surface area contributed by atoms with Gasteiger partial charge in [0.2, 0.25) is 0 Å². The van der Waals surface area contributed by atoms with Crippen LogP contribution in [0.3, 0.4) is 0 Å². The summed E-state index contributed by atoms with van der Waals surface area (Å²) in [7, 11) is 0. The fourth-order valence-electron chi connectivity index (χ4n) is 3.33. The molecular weight excluding hydrogens is 388 g/mol. The average Bonchev–Trinajstić information content (AvgIpc) is 3.57. The van der Waals surface area contributed by atoms with E-state index in [4.69, 9.17) is 33.2 Å². The van der Waals surface area contributed by atoms with Gasteiger partial charge in [0.1, 0.15) is 18.3 Å². The Morgan fingerprint density at radius 1 is 0.700 bits per heavy atom. The van der Waals surface area contributed by atoms with Gasteiger partial charge in [-0.2, -0.15) is 0 Å². The van der Waals surface area contributed by atoms with Gasteiger partial charge in [-0.1, -0.05) is 24.3 Å². The monoisotopic (exact) mass is 418 g/mol. The van der Waals surface area contributed by atoms with E-state index in [1.54, 1.807) is 0 Å². The lowest BCUT2D eigenvalue weighted by molar-refractivity contribution is 0.0847. The lowest BCUT2D eigenvalue weighted by Gasteiger charge is -2.18. The molecule has 5 rings (SSSR count). The predicted molar refractivity (Wildman–Crippen MR) is 108 cm³/mol. The molecule has 164 valence electrons. The molecule has 7 heteroatoms. The van der Waals surface area contributed by atoms with Crippen molar-refractivity contribution >= 4 is 6.08 Å². The second-order valence-corrected chi connectivity index (χ2v) is 8.28. The van der Waals surface area contributed by atoms with Gasteiger partial charge in [-0.3, -0.25) is 0 Å². The minimum absolute atomic E-state index is 0.241. The maximum atomic E-state index is 5.99. The van der Waals surface area contributed by atoms with Crippen LogP contribution >= 0.6 is 0 Å². The molecule has 4 aliphatic heterocycles. The lowest BCUT2D eigenvalue weighted by Crippen LogP contribution is -2.12. The molecule has 1 aromatic rings. The van der Waals surface area contributed by atoms with Crippen LogP contribution < -0.4 is 0 Å². The highest BCUT2D eigenvalue weighted by Gasteiger charge is 2.25. The summed E-state index contributed by atoms with van der Waals surface area (Å²) in [5.74, 6) is 0. The zero-order valence-electron chi connectivity index (χ0n) is 17.3. The summed E-state index contributed by atoms with van der Waals surface area (Å²) in [6.45, 7) is 6.70. The molecule has 4 heterocycles. The summed E-state index contributed by atoms with van der Waals surface area (Å²) >= 11 is 0. The maximum absolute atomic E-state index is 5.99. The molecule has 4 unspecified atom stereocenters. The van der Waals surface area contributed by atoms with Crippen molar-refractivity contribution in [3.8, 4) is 0 Å². The van der Waals surface area contributed by atoms with Crippen LogP contribution in [0.2, 0.25) is 0 Å². The number of hydrogen-bond acceptors (Lipinski definition) is 7. The molecule has 0 aromatic heterocycles. The molecule has 0 spiro atoms. The standard InChI is InChI=1S/C23H30O7/c1(3-18-10-27-18)2-16-4-5-17(6-24-7-19-11-28-19)23(15-26-9-21-13-30-21)22(16)14-25-8-20-12-29-20/h1-2,4-5,18-21H,3,6-15H2. The molecular formula is C23H30O7. The fraction of sp³-hybridized carbons (Fsp3) is 0.652. The first-order valence-corrected chi connectivity index (χ1v) is 10.8. The Balaban J connectivity index is 1.31. The Hall–Kier alpha value is -1.32. The van der Waals surface area contributed by atoms with Gasteiger partial charge >= 0.3 is 0 Å². The summed E-state index contributed by atoms with van der Waals surface area (Å²) in [5.41, 5.74) is 4.59. The van der Waals surface area contributed by atoms with Gasteiger partial charge in [-0.15, -0.1) is 0 Å². The van der Waals surface area contributed by atoms with Crippen LogP contribution in [0.1, 0.15) is 28.7 Å². The summed E-state index contributed by atoms with van der Waals surface area (Å²) < 4.78 is 39.0. The highest BCUT2D eigenvalue weighted by Crippen LogP contribution is 2.26. The van der Waals surface area contributed by atoms with E-state index >= 15 is 0 Å². The number of rotatable bonds is 15. The van der Waals surface area contributed by atoms with Crippen molar-refractivity contribution < 1.29 is 33.2 Å². The second kappa shape index (κ2) is 9.87. The summed E-state index contributed by atoms with van der Waals surface area (Å²) in [5, 5.41) is 0. The lowest BCUT2D eigenvalue weighted by atomic mass is 9.96. The molecule has 1 aromatic carbocycles. The molecule has 4 saturated heterocycles. The molecule has 7 nitrogen and oxygen atoms in total. The van der Waals surface area contributed by atoms with Gasteiger partial charge in [0, 0.05) is 0 Å². The van der Waals surface area contributed by atoms with Gasteiger partial charge in [0.05, 0.1) is 72.2 Å². The van der Waals surface area contributed by atoms with Crippen molar-refractivity contribution in [1.82, 2.24) is 0 Å². The molecule has 4 aliphatic rings. The average molecular weight is 418 g/mol. The highest BCUT2D eigenvalue weighted by molar-refractivity contribution is 5.57. The van der Waals surface area contributed by atoms with Crippen LogP contribution in [0.5, 0.6) is 0 Å². The molecule has 0 saturated carbocycles.